The second-order valence-electron chi connectivity index (χ2n) is 3.74. The average Bonchev–Trinajstić information content (AvgIpc) is 2.35. The van der Waals surface area contributed by atoms with E-state index in [-0.39, 0.29) is 23.5 Å². The highest BCUT2D eigenvalue weighted by atomic mass is 16.6. The molecule has 1 atom stereocenters. The van der Waals surface area contributed by atoms with Gasteiger partial charge in [-0.3, -0.25) is 10.1 Å². The zero-order valence-electron chi connectivity index (χ0n) is 9.79. The highest BCUT2D eigenvalue weighted by Crippen LogP contribution is 2.25. The van der Waals surface area contributed by atoms with Gasteiger partial charge in [-0.05, 0) is 18.6 Å². The summed E-state index contributed by atoms with van der Waals surface area (Å²) in [7, 11) is 0. The van der Waals surface area contributed by atoms with Crippen LogP contribution in [0.4, 0.5) is 11.4 Å². The fraction of sp³-hybridized carbons (Fsp3) is 0.364. The van der Waals surface area contributed by atoms with Crippen molar-refractivity contribution in [3.05, 3.63) is 33.9 Å². The quantitative estimate of drug-likeness (QED) is 0.523. The number of carbonyl (C=O) groups is 1. The second-order valence-corrected chi connectivity index (χ2v) is 3.74. The fourth-order valence-electron chi connectivity index (χ4n) is 1.34. The molecule has 1 aromatic carbocycles. The molecule has 0 aliphatic rings. The van der Waals surface area contributed by atoms with Gasteiger partial charge in [0.15, 0.2) is 0 Å². The van der Waals surface area contributed by atoms with Crippen molar-refractivity contribution >= 4 is 17.3 Å². The largest absolute Gasteiger partial charge is 0.478 e. The predicted octanol–water partition coefficient (Wildman–Crippen LogP) is 1.48. The number of aliphatic hydroxyl groups excluding tert-OH is 1. The molecule has 0 saturated heterocycles. The topological polar surface area (TPSA) is 113 Å². The van der Waals surface area contributed by atoms with Crippen molar-refractivity contribution in [1.29, 1.82) is 0 Å². The predicted molar refractivity (Wildman–Crippen MR) is 64.8 cm³/mol. The third-order valence-corrected chi connectivity index (χ3v) is 2.44. The summed E-state index contributed by atoms with van der Waals surface area (Å²) in [4.78, 5) is 20.9. The van der Waals surface area contributed by atoms with Gasteiger partial charge in [-0.25, -0.2) is 4.79 Å². The van der Waals surface area contributed by atoms with Crippen molar-refractivity contribution in [2.45, 2.75) is 19.4 Å². The molecule has 3 N–H and O–H groups in total. The molecular formula is C11H14N2O5. The van der Waals surface area contributed by atoms with Gasteiger partial charge in [-0.15, -0.1) is 0 Å². The molecular weight excluding hydrogens is 240 g/mol. The molecule has 0 aliphatic heterocycles. The number of hydrogen-bond acceptors (Lipinski definition) is 5. The Morgan fingerprint density at radius 2 is 2.22 bits per heavy atom. The number of nitrogens with zero attached hydrogens (tertiary/aromatic N) is 1. The molecule has 0 saturated carbocycles. The number of benzene rings is 1. The van der Waals surface area contributed by atoms with Gasteiger partial charge in [0, 0.05) is 12.6 Å². The summed E-state index contributed by atoms with van der Waals surface area (Å²) in [5, 5.41) is 31.7. The number of carboxylic acids is 1. The van der Waals surface area contributed by atoms with E-state index in [4.69, 9.17) is 5.11 Å². The smallest absolute Gasteiger partial charge is 0.335 e. The minimum atomic E-state index is -1.16. The third-order valence-electron chi connectivity index (χ3n) is 2.44. The van der Waals surface area contributed by atoms with E-state index in [0.717, 1.165) is 6.07 Å². The molecule has 0 amide bonds. The van der Waals surface area contributed by atoms with E-state index in [1.807, 2.05) is 0 Å². The molecule has 7 nitrogen and oxygen atoms in total. The first-order chi connectivity index (χ1) is 8.45. The van der Waals surface area contributed by atoms with Crippen LogP contribution in [0.15, 0.2) is 18.2 Å². The minimum absolute atomic E-state index is 0.0471. The van der Waals surface area contributed by atoms with Gasteiger partial charge in [0.2, 0.25) is 0 Å². The first kappa shape index (κ1) is 13.9. The number of nitro groups is 1. The molecule has 1 unspecified atom stereocenters. The van der Waals surface area contributed by atoms with Crippen LogP contribution < -0.4 is 5.32 Å². The van der Waals surface area contributed by atoms with Crippen LogP contribution in [0.3, 0.4) is 0 Å². The number of nitro benzene ring substituents is 1. The number of anilines is 1. The first-order valence-corrected chi connectivity index (χ1v) is 5.39. The lowest BCUT2D eigenvalue weighted by Crippen LogP contribution is -2.19. The molecule has 1 aromatic rings. The summed E-state index contributed by atoms with van der Waals surface area (Å²) in [5.74, 6) is -1.16. The molecule has 98 valence electrons. The molecule has 0 heterocycles. The van der Waals surface area contributed by atoms with Gasteiger partial charge in [0.05, 0.1) is 16.6 Å². The van der Waals surface area contributed by atoms with Gasteiger partial charge < -0.3 is 15.5 Å². The van der Waals surface area contributed by atoms with Gasteiger partial charge in [-0.2, -0.15) is 0 Å². The van der Waals surface area contributed by atoms with E-state index >= 15 is 0 Å². The zero-order valence-corrected chi connectivity index (χ0v) is 9.79. The lowest BCUT2D eigenvalue weighted by molar-refractivity contribution is -0.384. The Bertz CT molecular complexity index is 461. The molecule has 0 aromatic heterocycles. The van der Waals surface area contributed by atoms with Crippen LogP contribution >= 0.6 is 0 Å². The average molecular weight is 254 g/mol. The summed E-state index contributed by atoms with van der Waals surface area (Å²) in [6.45, 7) is 1.90. The maximum Gasteiger partial charge on any atom is 0.335 e. The fourth-order valence-corrected chi connectivity index (χ4v) is 1.34. The SMILES string of the molecule is CCC(O)CNc1cc(C(=O)O)ccc1[N+](=O)[O-]. The lowest BCUT2D eigenvalue weighted by atomic mass is 10.1. The Balaban J connectivity index is 3.00. The van der Waals surface area contributed by atoms with E-state index in [1.54, 1.807) is 6.92 Å². The summed E-state index contributed by atoms with van der Waals surface area (Å²) < 4.78 is 0. The van der Waals surface area contributed by atoms with Crippen LogP contribution in [-0.2, 0) is 0 Å². The molecule has 0 bridgehead atoms. The maximum absolute atomic E-state index is 10.8. The second kappa shape index (κ2) is 5.97. The number of carboxylic acid groups (broad SMARTS) is 1. The van der Waals surface area contributed by atoms with Crippen molar-refractivity contribution in [3.63, 3.8) is 0 Å². The van der Waals surface area contributed by atoms with E-state index in [9.17, 15) is 20.0 Å². The lowest BCUT2D eigenvalue weighted by Gasteiger charge is -2.11. The Labute approximate surface area is 103 Å². The third kappa shape index (κ3) is 3.42. The summed E-state index contributed by atoms with van der Waals surface area (Å²) >= 11 is 0. The number of hydrogen-bond donors (Lipinski definition) is 3. The molecule has 1 rings (SSSR count). The van der Waals surface area contributed by atoms with Gasteiger partial charge in [0.1, 0.15) is 5.69 Å². The van der Waals surface area contributed by atoms with Gasteiger partial charge in [-0.1, -0.05) is 6.92 Å². The molecule has 0 spiro atoms. The monoisotopic (exact) mass is 254 g/mol. The van der Waals surface area contributed by atoms with Crippen LogP contribution in [0.1, 0.15) is 23.7 Å². The van der Waals surface area contributed by atoms with E-state index in [2.05, 4.69) is 5.32 Å². The van der Waals surface area contributed by atoms with E-state index in [0.29, 0.717) is 6.42 Å². The molecule has 0 aliphatic carbocycles. The van der Waals surface area contributed by atoms with Crippen LogP contribution in [0, 0.1) is 10.1 Å². The van der Waals surface area contributed by atoms with Crippen molar-refractivity contribution in [1.82, 2.24) is 0 Å². The highest BCUT2D eigenvalue weighted by molar-refractivity contribution is 5.90. The van der Waals surface area contributed by atoms with Crippen LogP contribution in [0.5, 0.6) is 0 Å². The van der Waals surface area contributed by atoms with Crippen molar-refractivity contribution in [2.24, 2.45) is 0 Å². The van der Waals surface area contributed by atoms with E-state index in [1.165, 1.54) is 12.1 Å². The van der Waals surface area contributed by atoms with Crippen LogP contribution in [0.2, 0.25) is 0 Å². The Morgan fingerprint density at radius 1 is 1.56 bits per heavy atom. The standard InChI is InChI=1S/C11H14N2O5/c1-2-8(14)6-12-9-5-7(11(15)16)3-4-10(9)13(17)18/h3-5,8,12,14H,2,6H2,1H3,(H,15,16). The molecule has 0 fully saturated rings. The van der Waals surface area contributed by atoms with Crippen molar-refractivity contribution in [2.75, 3.05) is 11.9 Å². The summed E-state index contributed by atoms with van der Waals surface area (Å²) in [6.07, 6.45) is -0.141. The van der Waals surface area contributed by atoms with Gasteiger partial charge in [0.25, 0.3) is 5.69 Å². The van der Waals surface area contributed by atoms with Crippen LogP contribution in [0.25, 0.3) is 0 Å². The normalized spacial score (nSPS) is 11.9. The highest BCUT2D eigenvalue weighted by Gasteiger charge is 2.16. The van der Waals surface area contributed by atoms with E-state index < -0.39 is 17.0 Å². The number of aromatic carboxylic acids is 1. The Hall–Kier alpha value is -2.15. The zero-order chi connectivity index (χ0) is 13.7. The van der Waals surface area contributed by atoms with Crippen molar-refractivity contribution < 1.29 is 19.9 Å². The summed E-state index contributed by atoms with van der Waals surface area (Å²) in [6, 6.07) is 3.48. The van der Waals surface area contributed by atoms with Crippen molar-refractivity contribution in [3.8, 4) is 0 Å². The van der Waals surface area contributed by atoms with Gasteiger partial charge >= 0.3 is 5.97 Å². The molecule has 0 radical (unpaired) electrons. The summed E-state index contributed by atoms with van der Waals surface area (Å²) in [5.41, 5.74) is -0.176. The Kier molecular flexibility index (Phi) is 4.61. The van der Waals surface area contributed by atoms with Crippen LogP contribution in [-0.4, -0.2) is 33.8 Å². The number of nitrogens with one attached hydrogen (secondary N) is 1. The number of rotatable bonds is 6. The number of aliphatic hydroxyl groups is 1. The first-order valence-electron chi connectivity index (χ1n) is 5.39. The molecule has 18 heavy (non-hydrogen) atoms. The maximum atomic E-state index is 10.8. The molecule has 7 heteroatoms. The Morgan fingerprint density at radius 3 is 2.72 bits per heavy atom. The minimum Gasteiger partial charge on any atom is -0.478 e.